The van der Waals surface area contributed by atoms with Crippen LogP contribution in [0.2, 0.25) is 0 Å². The van der Waals surface area contributed by atoms with Crippen molar-refractivity contribution in [3.05, 3.63) is 91.4 Å². The predicted octanol–water partition coefficient (Wildman–Crippen LogP) is 3.98. The van der Waals surface area contributed by atoms with Gasteiger partial charge >= 0.3 is 0 Å². The molecule has 4 aromatic rings. The zero-order valence-corrected chi connectivity index (χ0v) is 14.7. The van der Waals surface area contributed by atoms with E-state index in [1.165, 1.54) is 10.8 Å². The second kappa shape index (κ2) is 6.82. The van der Waals surface area contributed by atoms with Crippen molar-refractivity contribution in [2.45, 2.75) is 0 Å². The topological polar surface area (TPSA) is 16.8 Å². The summed E-state index contributed by atoms with van der Waals surface area (Å²) >= 11 is 0. The van der Waals surface area contributed by atoms with E-state index in [9.17, 15) is 0 Å². The van der Waals surface area contributed by atoms with Crippen LogP contribution >= 0.6 is 0 Å². The van der Waals surface area contributed by atoms with Crippen LogP contribution < -0.4 is 4.57 Å². The second-order valence-corrected chi connectivity index (χ2v) is 5.16. The number of fused-ring (bicyclic) bond motifs is 1. The molecule has 3 heteroatoms. The van der Waals surface area contributed by atoms with Gasteiger partial charge in [0.15, 0.2) is 12.4 Å². The molecule has 23 heavy (non-hydrogen) atoms. The van der Waals surface area contributed by atoms with E-state index in [0.29, 0.717) is 0 Å². The van der Waals surface area contributed by atoms with E-state index in [1.807, 2.05) is 24.3 Å². The first-order chi connectivity index (χ1) is 10.9. The molecule has 0 aliphatic heterocycles. The van der Waals surface area contributed by atoms with Crippen molar-refractivity contribution in [3.8, 4) is 16.9 Å². The van der Waals surface area contributed by atoms with Crippen molar-refractivity contribution in [1.29, 1.82) is 0 Å². The van der Waals surface area contributed by atoms with E-state index >= 15 is 0 Å². The van der Waals surface area contributed by atoms with Crippen molar-refractivity contribution >= 4 is 10.8 Å². The Morgan fingerprint density at radius 2 is 1.70 bits per heavy atom. The molecule has 4 rings (SSSR count). The fraction of sp³-hybridized carbons (Fsp3) is 0. The largest absolute Gasteiger partial charge is 0.305 e. The van der Waals surface area contributed by atoms with Gasteiger partial charge in [0, 0.05) is 37.8 Å². The minimum atomic E-state index is 0. The Morgan fingerprint density at radius 1 is 0.870 bits per heavy atom. The van der Waals surface area contributed by atoms with E-state index in [-0.39, 0.29) is 20.1 Å². The summed E-state index contributed by atoms with van der Waals surface area (Å²) in [5.74, 6) is 0. The molecule has 0 spiro atoms. The third-order valence-electron chi connectivity index (χ3n) is 3.71. The monoisotopic (exact) mass is 475 g/mol. The molecular weight excluding hydrogens is 460 g/mol. The first-order valence-electron chi connectivity index (χ1n) is 7.24. The normalized spacial score (nSPS) is 10.3. The SMILES string of the molecule is [Ir].[c-]1ccc(-[n+]2ccc3ccccc3c2)cc1-c1ccccn1. The average Bonchev–Trinajstić information content (AvgIpc) is 2.62. The molecular formula is C20H14IrN2. The van der Waals surface area contributed by atoms with Gasteiger partial charge in [-0.05, 0) is 23.2 Å². The Kier molecular flexibility index (Phi) is 4.61. The molecule has 0 unspecified atom stereocenters. The Balaban J connectivity index is 0.00000156. The maximum absolute atomic E-state index is 4.39. The number of nitrogens with zero attached hydrogens (tertiary/aromatic N) is 2. The molecule has 1 radical (unpaired) electrons. The zero-order valence-electron chi connectivity index (χ0n) is 12.3. The number of rotatable bonds is 2. The molecule has 2 heterocycles. The maximum atomic E-state index is 4.39. The summed E-state index contributed by atoms with van der Waals surface area (Å²) in [4.78, 5) is 4.39. The van der Waals surface area contributed by atoms with Gasteiger partial charge in [0.1, 0.15) is 5.69 Å². The standard InChI is InChI=1S/C20H14N2.Ir/c1-2-7-18-15-22(13-11-16(18)6-1)19-9-5-8-17(14-19)20-10-3-4-12-21-20;/h1-7,9-15H;. The Labute approximate surface area is 148 Å². The molecule has 0 saturated heterocycles. The van der Waals surface area contributed by atoms with Crippen LogP contribution in [0.1, 0.15) is 0 Å². The third kappa shape index (κ3) is 3.21. The third-order valence-corrected chi connectivity index (χ3v) is 3.71. The van der Waals surface area contributed by atoms with Gasteiger partial charge in [-0.25, -0.2) is 0 Å². The number of benzene rings is 2. The summed E-state index contributed by atoms with van der Waals surface area (Å²) in [5, 5.41) is 2.46. The molecule has 0 amide bonds. The van der Waals surface area contributed by atoms with Gasteiger partial charge in [-0.2, -0.15) is 4.57 Å². The van der Waals surface area contributed by atoms with Gasteiger partial charge in [-0.3, -0.25) is 0 Å². The van der Waals surface area contributed by atoms with Crippen molar-refractivity contribution in [2.75, 3.05) is 0 Å². The molecule has 0 fully saturated rings. The molecule has 2 aromatic heterocycles. The summed E-state index contributed by atoms with van der Waals surface area (Å²) in [6.45, 7) is 0. The van der Waals surface area contributed by atoms with Crippen LogP contribution in [0.5, 0.6) is 0 Å². The average molecular weight is 475 g/mol. The van der Waals surface area contributed by atoms with Crippen molar-refractivity contribution in [2.24, 2.45) is 0 Å². The molecule has 0 N–H and O–H groups in total. The van der Waals surface area contributed by atoms with Crippen LogP contribution in [0.15, 0.2) is 85.3 Å². The summed E-state index contributed by atoms with van der Waals surface area (Å²) in [5.41, 5.74) is 3.04. The van der Waals surface area contributed by atoms with Crippen LogP contribution in [0, 0.1) is 6.07 Å². The fourth-order valence-electron chi connectivity index (χ4n) is 2.58. The molecule has 0 saturated carbocycles. The summed E-state index contributed by atoms with van der Waals surface area (Å²) in [7, 11) is 0. The molecule has 2 nitrogen and oxygen atoms in total. The van der Waals surface area contributed by atoms with Gasteiger partial charge in [-0.1, -0.05) is 42.5 Å². The first kappa shape index (κ1) is 15.5. The molecule has 113 valence electrons. The Hall–Kier alpha value is -2.35. The molecule has 0 atom stereocenters. The summed E-state index contributed by atoms with van der Waals surface area (Å²) in [6, 6.07) is 25.8. The summed E-state index contributed by atoms with van der Waals surface area (Å²) < 4.78 is 2.13. The Morgan fingerprint density at radius 3 is 2.52 bits per heavy atom. The zero-order chi connectivity index (χ0) is 14.8. The van der Waals surface area contributed by atoms with Crippen molar-refractivity contribution in [1.82, 2.24) is 4.98 Å². The van der Waals surface area contributed by atoms with E-state index in [2.05, 4.69) is 70.5 Å². The number of aromatic nitrogens is 2. The minimum absolute atomic E-state index is 0. The van der Waals surface area contributed by atoms with Gasteiger partial charge in [-0.15, -0.1) is 17.7 Å². The quantitative estimate of drug-likeness (QED) is 0.317. The van der Waals surface area contributed by atoms with Crippen LogP contribution in [-0.2, 0) is 20.1 Å². The van der Waals surface area contributed by atoms with E-state index < -0.39 is 0 Å². The fourth-order valence-corrected chi connectivity index (χ4v) is 2.58. The van der Waals surface area contributed by atoms with Gasteiger partial charge < -0.3 is 4.98 Å². The number of hydrogen-bond acceptors (Lipinski definition) is 1. The van der Waals surface area contributed by atoms with Crippen LogP contribution in [0.4, 0.5) is 0 Å². The Bertz CT molecular complexity index is 936. The van der Waals surface area contributed by atoms with Crippen LogP contribution in [0.25, 0.3) is 27.7 Å². The van der Waals surface area contributed by atoms with E-state index in [1.54, 1.807) is 6.20 Å². The van der Waals surface area contributed by atoms with Gasteiger partial charge in [0.25, 0.3) is 0 Å². The first-order valence-corrected chi connectivity index (χ1v) is 7.24. The van der Waals surface area contributed by atoms with Crippen molar-refractivity contribution < 1.29 is 24.7 Å². The summed E-state index contributed by atoms with van der Waals surface area (Å²) in [6.07, 6.45) is 6.03. The van der Waals surface area contributed by atoms with Crippen molar-refractivity contribution in [3.63, 3.8) is 0 Å². The van der Waals surface area contributed by atoms with Gasteiger partial charge in [0.05, 0.1) is 0 Å². The molecule has 0 bridgehead atoms. The second-order valence-electron chi connectivity index (χ2n) is 5.16. The molecule has 2 aromatic carbocycles. The predicted molar refractivity (Wildman–Crippen MR) is 87.5 cm³/mol. The smallest absolute Gasteiger partial charge is 0.181 e. The maximum Gasteiger partial charge on any atom is 0.181 e. The van der Waals surface area contributed by atoms with Crippen LogP contribution in [-0.4, -0.2) is 4.98 Å². The molecule has 0 aliphatic carbocycles. The number of hydrogen-bond donors (Lipinski definition) is 0. The van der Waals surface area contributed by atoms with Gasteiger partial charge in [0.2, 0.25) is 0 Å². The minimum Gasteiger partial charge on any atom is -0.305 e. The van der Waals surface area contributed by atoms with E-state index in [4.69, 9.17) is 0 Å². The molecule has 0 aliphatic rings. The van der Waals surface area contributed by atoms with E-state index in [0.717, 1.165) is 16.9 Å². The van der Waals surface area contributed by atoms with Crippen LogP contribution in [0.3, 0.4) is 0 Å². The number of pyridine rings is 2.